The van der Waals surface area contributed by atoms with E-state index in [1.54, 1.807) is 6.33 Å². The highest BCUT2D eigenvalue weighted by molar-refractivity contribution is 5.15. The molecule has 96 valence electrons. The number of hydrogen-bond acceptors (Lipinski definition) is 3. The van der Waals surface area contributed by atoms with Crippen molar-refractivity contribution in [3.63, 3.8) is 0 Å². The van der Waals surface area contributed by atoms with Crippen molar-refractivity contribution in [2.45, 2.75) is 39.3 Å². The lowest BCUT2D eigenvalue weighted by Crippen LogP contribution is -2.44. The third kappa shape index (κ3) is 3.30. The van der Waals surface area contributed by atoms with Crippen LogP contribution in [0.3, 0.4) is 0 Å². The predicted octanol–water partition coefficient (Wildman–Crippen LogP) is 1.40. The lowest BCUT2D eigenvalue weighted by atomic mass is 10.0. The smallest absolute Gasteiger partial charge is 0.0925 e. The van der Waals surface area contributed by atoms with E-state index in [1.165, 1.54) is 24.4 Å². The topological polar surface area (TPSA) is 44.0 Å². The van der Waals surface area contributed by atoms with E-state index in [-0.39, 0.29) is 0 Å². The Morgan fingerprint density at radius 2 is 2.41 bits per heavy atom. The molecular weight excluding hydrogens is 212 g/mol. The van der Waals surface area contributed by atoms with E-state index in [0.29, 0.717) is 6.04 Å². The van der Waals surface area contributed by atoms with E-state index in [2.05, 4.69) is 41.1 Å². The minimum Gasteiger partial charge on any atom is -0.347 e. The van der Waals surface area contributed by atoms with E-state index >= 15 is 0 Å². The Balaban J connectivity index is 1.81. The minimum absolute atomic E-state index is 0.542. The molecule has 4 nitrogen and oxygen atoms in total. The molecular formula is C13H24N4. The summed E-state index contributed by atoms with van der Waals surface area (Å²) in [7, 11) is 2.22. The maximum atomic E-state index is 4.38. The Bertz CT molecular complexity index is 347. The molecule has 0 aromatic carbocycles. The van der Waals surface area contributed by atoms with E-state index in [4.69, 9.17) is 0 Å². The van der Waals surface area contributed by atoms with E-state index in [9.17, 15) is 0 Å². The van der Waals surface area contributed by atoms with Gasteiger partial charge in [0.15, 0.2) is 0 Å². The van der Waals surface area contributed by atoms with Crippen LogP contribution < -0.4 is 5.32 Å². The second-order valence-electron chi connectivity index (χ2n) is 5.34. The van der Waals surface area contributed by atoms with Gasteiger partial charge in [0.1, 0.15) is 0 Å². The first kappa shape index (κ1) is 12.6. The number of hydrogen-bond donors (Lipinski definition) is 2. The fourth-order valence-corrected chi connectivity index (χ4v) is 2.47. The van der Waals surface area contributed by atoms with Gasteiger partial charge in [-0.25, -0.2) is 4.98 Å². The van der Waals surface area contributed by atoms with Crippen molar-refractivity contribution in [3.05, 3.63) is 17.7 Å². The molecule has 1 aromatic rings. The molecule has 0 bridgehead atoms. The number of aromatic nitrogens is 2. The minimum atomic E-state index is 0.542. The molecule has 0 amide bonds. The van der Waals surface area contributed by atoms with Gasteiger partial charge in [0, 0.05) is 32.1 Å². The fourth-order valence-electron chi connectivity index (χ4n) is 2.47. The zero-order valence-corrected chi connectivity index (χ0v) is 11.2. The van der Waals surface area contributed by atoms with Gasteiger partial charge in [0.25, 0.3) is 0 Å². The number of H-pyrrole nitrogens is 1. The predicted molar refractivity (Wildman–Crippen MR) is 69.9 cm³/mol. The fraction of sp³-hybridized carbons (Fsp3) is 0.769. The van der Waals surface area contributed by atoms with Gasteiger partial charge in [-0.1, -0.05) is 20.3 Å². The van der Waals surface area contributed by atoms with Gasteiger partial charge in [-0.15, -0.1) is 0 Å². The number of rotatable bonds is 5. The molecule has 2 heterocycles. The van der Waals surface area contributed by atoms with Gasteiger partial charge in [-0.3, -0.25) is 0 Å². The van der Waals surface area contributed by atoms with Crippen molar-refractivity contribution in [1.82, 2.24) is 20.2 Å². The molecule has 4 heteroatoms. The highest BCUT2D eigenvalue weighted by atomic mass is 15.1. The molecule has 1 aliphatic rings. The van der Waals surface area contributed by atoms with E-state index < -0.39 is 0 Å². The van der Waals surface area contributed by atoms with Crippen molar-refractivity contribution >= 4 is 0 Å². The molecule has 0 aliphatic carbocycles. The molecule has 0 fully saturated rings. The van der Waals surface area contributed by atoms with Crippen molar-refractivity contribution in [2.24, 2.45) is 5.92 Å². The van der Waals surface area contributed by atoms with Crippen molar-refractivity contribution < 1.29 is 0 Å². The normalized spacial score (nSPS) is 21.5. The summed E-state index contributed by atoms with van der Waals surface area (Å²) in [6.45, 7) is 7.79. The maximum Gasteiger partial charge on any atom is 0.0925 e. The summed E-state index contributed by atoms with van der Waals surface area (Å²) in [6, 6.07) is 0.542. The van der Waals surface area contributed by atoms with Crippen LogP contribution in [0, 0.1) is 5.92 Å². The summed E-state index contributed by atoms with van der Waals surface area (Å²) in [5, 5.41) is 3.57. The second kappa shape index (κ2) is 5.65. The summed E-state index contributed by atoms with van der Waals surface area (Å²) < 4.78 is 0. The third-order valence-corrected chi connectivity index (χ3v) is 3.67. The van der Waals surface area contributed by atoms with Crippen LogP contribution in [-0.2, 0) is 13.0 Å². The van der Waals surface area contributed by atoms with Crippen LogP contribution in [0.25, 0.3) is 0 Å². The Hall–Kier alpha value is -0.870. The lowest BCUT2D eigenvalue weighted by Gasteiger charge is -2.29. The molecule has 0 radical (unpaired) electrons. The van der Waals surface area contributed by atoms with E-state index in [0.717, 1.165) is 25.4 Å². The summed E-state index contributed by atoms with van der Waals surface area (Å²) in [5.74, 6) is 0.782. The van der Waals surface area contributed by atoms with Gasteiger partial charge in [-0.2, -0.15) is 0 Å². The van der Waals surface area contributed by atoms with Gasteiger partial charge < -0.3 is 15.2 Å². The number of nitrogens with one attached hydrogen (secondary N) is 2. The quantitative estimate of drug-likeness (QED) is 0.812. The average Bonchev–Trinajstić information content (AvgIpc) is 2.75. The molecule has 0 saturated carbocycles. The monoisotopic (exact) mass is 236 g/mol. The summed E-state index contributed by atoms with van der Waals surface area (Å²) in [4.78, 5) is 10.00. The molecule has 1 aliphatic heterocycles. The standard InChI is InChI=1S/C13H24N4/c1-4-10(2)7-17(3)8-11-5-12-13(6-14-11)16-9-15-12/h9-11,14H,4-8H2,1-3H3,(H,15,16). The molecule has 1 aromatic heterocycles. The van der Waals surface area contributed by atoms with Crippen molar-refractivity contribution in [2.75, 3.05) is 20.1 Å². The van der Waals surface area contributed by atoms with Gasteiger partial charge in [0.2, 0.25) is 0 Å². The highest BCUT2D eigenvalue weighted by Crippen LogP contribution is 2.13. The maximum absolute atomic E-state index is 4.38. The first-order valence-corrected chi connectivity index (χ1v) is 6.62. The van der Waals surface area contributed by atoms with Crippen LogP contribution >= 0.6 is 0 Å². The molecule has 0 saturated heterocycles. The van der Waals surface area contributed by atoms with Gasteiger partial charge in [0.05, 0.1) is 17.7 Å². The molecule has 2 rings (SSSR count). The van der Waals surface area contributed by atoms with Crippen molar-refractivity contribution in [1.29, 1.82) is 0 Å². The first-order valence-electron chi connectivity index (χ1n) is 6.62. The van der Waals surface area contributed by atoms with Crippen LogP contribution in [0.5, 0.6) is 0 Å². The number of aromatic amines is 1. The van der Waals surface area contributed by atoms with Gasteiger partial charge in [-0.05, 0) is 13.0 Å². The van der Waals surface area contributed by atoms with E-state index in [1.807, 2.05) is 0 Å². The zero-order valence-electron chi connectivity index (χ0n) is 11.2. The summed E-state index contributed by atoms with van der Waals surface area (Å²) >= 11 is 0. The second-order valence-corrected chi connectivity index (χ2v) is 5.34. The Kier molecular flexibility index (Phi) is 4.18. The number of nitrogens with zero attached hydrogens (tertiary/aromatic N) is 2. The largest absolute Gasteiger partial charge is 0.347 e. The lowest BCUT2D eigenvalue weighted by molar-refractivity contribution is 0.245. The number of likely N-dealkylation sites (N-methyl/N-ethyl adjacent to an activating group) is 1. The Labute approximate surface area is 104 Å². The number of imidazole rings is 1. The molecule has 2 unspecified atom stereocenters. The zero-order chi connectivity index (χ0) is 12.3. The van der Waals surface area contributed by atoms with Crippen LogP contribution in [0.1, 0.15) is 31.7 Å². The summed E-state index contributed by atoms with van der Waals surface area (Å²) in [6.07, 6.45) is 4.10. The van der Waals surface area contributed by atoms with Crippen LogP contribution in [0.2, 0.25) is 0 Å². The molecule has 0 spiro atoms. The SMILES string of the molecule is CCC(C)CN(C)CC1Cc2nc[nH]c2CN1. The molecule has 2 atom stereocenters. The summed E-state index contributed by atoms with van der Waals surface area (Å²) in [5.41, 5.74) is 2.50. The van der Waals surface area contributed by atoms with Gasteiger partial charge >= 0.3 is 0 Å². The van der Waals surface area contributed by atoms with Crippen LogP contribution in [-0.4, -0.2) is 41.0 Å². The van der Waals surface area contributed by atoms with Crippen molar-refractivity contribution in [3.8, 4) is 0 Å². The number of fused-ring (bicyclic) bond motifs is 1. The first-order chi connectivity index (χ1) is 8.19. The molecule has 2 N–H and O–H groups in total. The average molecular weight is 236 g/mol. The highest BCUT2D eigenvalue weighted by Gasteiger charge is 2.21. The van der Waals surface area contributed by atoms with Crippen LogP contribution in [0.15, 0.2) is 6.33 Å². The Morgan fingerprint density at radius 3 is 3.18 bits per heavy atom. The Morgan fingerprint density at radius 1 is 1.59 bits per heavy atom. The van der Waals surface area contributed by atoms with Crippen LogP contribution in [0.4, 0.5) is 0 Å². The molecule has 17 heavy (non-hydrogen) atoms. The third-order valence-electron chi connectivity index (χ3n) is 3.67.